The molecule has 0 aliphatic carbocycles. The monoisotopic (exact) mass is 452 g/mol. The second-order valence-corrected chi connectivity index (χ2v) is 8.49. The normalized spacial score (nSPS) is 11.3. The summed E-state index contributed by atoms with van der Waals surface area (Å²) in [4.78, 5) is 26.4. The van der Waals surface area contributed by atoms with Crippen molar-refractivity contribution < 1.29 is 5.11 Å². The number of rotatable bonds is 5. The van der Waals surface area contributed by atoms with Crippen LogP contribution in [0, 0.1) is 13.8 Å². The standard InChI is InChI=1S/C27H24N4O3/c1-15-3-7-18(8-4-15)24-22(26(33)30-28-24)21(17-11-13-20(32)14-12-17)23-25(29-31-27(23)34)19-9-5-16(2)6-10-19/h3-14,21,32H,1-2H3,(H2,28,30,33)(H2,29,31,34). The lowest BCUT2D eigenvalue weighted by Gasteiger charge is -2.18. The van der Waals surface area contributed by atoms with E-state index in [1.54, 1.807) is 24.3 Å². The molecule has 2 heterocycles. The average molecular weight is 453 g/mol. The molecule has 0 radical (unpaired) electrons. The topological polar surface area (TPSA) is 118 Å². The number of phenols is 1. The van der Waals surface area contributed by atoms with Crippen LogP contribution in [0.25, 0.3) is 22.5 Å². The zero-order valence-corrected chi connectivity index (χ0v) is 18.8. The van der Waals surface area contributed by atoms with Gasteiger partial charge in [0, 0.05) is 5.92 Å². The van der Waals surface area contributed by atoms with E-state index in [4.69, 9.17) is 0 Å². The Morgan fingerprint density at radius 2 is 1.00 bits per heavy atom. The van der Waals surface area contributed by atoms with Crippen molar-refractivity contribution in [2.45, 2.75) is 19.8 Å². The zero-order chi connectivity index (χ0) is 23.8. The molecule has 0 spiro atoms. The molecule has 0 aliphatic heterocycles. The summed E-state index contributed by atoms with van der Waals surface area (Å²) in [6.45, 7) is 3.99. The van der Waals surface area contributed by atoms with E-state index in [0.717, 1.165) is 22.3 Å². The lowest BCUT2D eigenvalue weighted by Crippen LogP contribution is -2.20. The molecular weight excluding hydrogens is 428 g/mol. The number of phenolic OH excluding ortho intramolecular Hbond substituents is 1. The first-order valence-electron chi connectivity index (χ1n) is 11.0. The number of hydrogen-bond acceptors (Lipinski definition) is 3. The fourth-order valence-corrected chi connectivity index (χ4v) is 4.33. The number of aromatic hydroxyl groups is 1. The Morgan fingerprint density at radius 3 is 1.41 bits per heavy atom. The van der Waals surface area contributed by atoms with Gasteiger partial charge in [0.1, 0.15) is 5.75 Å². The zero-order valence-electron chi connectivity index (χ0n) is 18.8. The van der Waals surface area contributed by atoms with Crippen LogP contribution in [0.1, 0.15) is 33.7 Å². The summed E-state index contributed by atoms with van der Waals surface area (Å²) < 4.78 is 0. The van der Waals surface area contributed by atoms with Crippen molar-refractivity contribution in [3.8, 4) is 28.3 Å². The van der Waals surface area contributed by atoms with Crippen molar-refractivity contribution in [1.29, 1.82) is 0 Å². The maximum atomic E-state index is 13.2. The number of nitrogens with one attached hydrogen (secondary N) is 4. The van der Waals surface area contributed by atoms with Gasteiger partial charge in [-0.2, -0.15) is 0 Å². The molecule has 0 saturated heterocycles. The van der Waals surface area contributed by atoms with E-state index in [0.29, 0.717) is 28.1 Å². The highest BCUT2D eigenvalue weighted by atomic mass is 16.3. The summed E-state index contributed by atoms with van der Waals surface area (Å²) in [6, 6.07) is 22.2. The van der Waals surface area contributed by atoms with Gasteiger partial charge in [-0.15, -0.1) is 0 Å². The van der Waals surface area contributed by atoms with Gasteiger partial charge in [0.05, 0.1) is 22.5 Å². The van der Waals surface area contributed by atoms with Gasteiger partial charge in [0.2, 0.25) is 0 Å². The summed E-state index contributed by atoms with van der Waals surface area (Å²) in [5.41, 5.74) is 5.99. The molecule has 0 saturated carbocycles. The first-order valence-corrected chi connectivity index (χ1v) is 11.0. The van der Waals surface area contributed by atoms with Gasteiger partial charge in [-0.05, 0) is 42.7 Å². The number of hydrogen-bond donors (Lipinski definition) is 5. The van der Waals surface area contributed by atoms with E-state index in [2.05, 4.69) is 20.4 Å². The predicted molar refractivity (Wildman–Crippen MR) is 132 cm³/mol. The number of aryl methyl sites for hydroxylation is 2. The van der Waals surface area contributed by atoms with Crippen molar-refractivity contribution in [3.05, 3.63) is 121 Å². The van der Waals surface area contributed by atoms with Crippen molar-refractivity contribution in [2.24, 2.45) is 0 Å². The third-order valence-corrected chi connectivity index (χ3v) is 6.11. The van der Waals surface area contributed by atoms with Crippen LogP contribution in [-0.4, -0.2) is 25.5 Å². The molecule has 34 heavy (non-hydrogen) atoms. The van der Waals surface area contributed by atoms with Crippen LogP contribution in [0.2, 0.25) is 0 Å². The summed E-state index contributed by atoms with van der Waals surface area (Å²) in [7, 11) is 0. The second kappa shape index (κ2) is 8.44. The maximum Gasteiger partial charge on any atom is 0.268 e. The molecule has 7 nitrogen and oxygen atoms in total. The lowest BCUT2D eigenvalue weighted by atomic mass is 9.83. The van der Waals surface area contributed by atoms with Gasteiger partial charge < -0.3 is 5.11 Å². The van der Waals surface area contributed by atoms with Crippen molar-refractivity contribution in [3.63, 3.8) is 0 Å². The van der Waals surface area contributed by atoms with E-state index < -0.39 is 5.92 Å². The van der Waals surface area contributed by atoms with E-state index in [1.807, 2.05) is 62.4 Å². The quantitative estimate of drug-likeness (QED) is 0.269. The molecule has 5 aromatic rings. The van der Waals surface area contributed by atoms with Crippen molar-refractivity contribution >= 4 is 0 Å². The van der Waals surface area contributed by atoms with E-state index in [1.165, 1.54) is 0 Å². The molecule has 170 valence electrons. The molecule has 0 aliphatic rings. The minimum absolute atomic E-state index is 0.103. The van der Waals surface area contributed by atoms with Crippen molar-refractivity contribution in [1.82, 2.24) is 20.4 Å². The second-order valence-electron chi connectivity index (χ2n) is 8.49. The summed E-state index contributed by atoms with van der Waals surface area (Å²) in [5.74, 6) is -0.593. The van der Waals surface area contributed by atoms with E-state index in [9.17, 15) is 14.7 Å². The number of benzene rings is 3. The SMILES string of the molecule is Cc1ccc(-c2[nH][nH]c(=O)c2C(c2ccc(O)cc2)c2c(-c3ccc(C)cc3)[nH][nH]c2=O)cc1. The summed E-state index contributed by atoms with van der Waals surface area (Å²) in [5, 5.41) is 21.3. The van der Waals surface area contributed by atoms with Crippen LogP contribution in [0.4, 0.5) is 0 Å². The number of aromatic amines is 4. The first-order chi connectivity index (χ1) is 16.4. The van der Waals surface area contributed by atoms with Gasteiger partial charge in [-0.1, -0.05) is 71.8 Å². The Kier molecular flexibility index (Phi) is 5.30. The predicted octanol–water partition coefficient (Wildman–Crippen LogP) is 4.56. The molecule has 0 unspecified atom stereocenters. The van der Waals surface area contributed by atoms with Crippen LogP contribution in [0.5, 0.6) is 5.75 Å². The Bertz CT molecular complexity index is 1450. The molecular formula is C27H24N4O3. The molecule has 0 atom stereocenters. The van der Waals surface area contributed by atoms with Crippen LogP contribution in [0.3, 0.4) is 0 Å². The van der Waals surface area contributed by atoms with Gasteiger partial charge in [0.25, 0.3) is 11.1 Å². The van der Waals surface area contributed by atoms with Crippen LogP contribution in [-0.2, 0) is 0 Å². The summed E-state index contributed by atoms with van der Waals surface area (Å²) in [6.07, 6.45) is 0. The maximum absolute atomic E-state index is 13.2. The van der Waals surface area contributed by atoms with Crippen molar-refractivity contribution in [2.75, 3.05) is 0 Å². The van der Waals surface area contributed by atoms with E-state index in [-0.39, 0.29) is 16.9 Å². The van der Waals surface area contributed by atoms with Crippen LogP contribution in [0.15, 0.2) is 82.4 Å². The van der Waals surface area contributed by atoms with Gasteiger partial charge >= 0.3 is 0 Å². The molecule has 5 rings (SSSR count). The molecule has 0 amide bonds. The highest BCUT2D eigenvalue weighted by Gasteiger charge is 2.31. The Balaban J connectivity index is 1.79. The van der Waals surface area contributed by atoms with Gasteiger partial charge in [-0.25, -0.2) is 0 Å². The number of H-pyrrole nitrogens is 4. The van der Waals surface area contributed by atoms with Gasteiger partial charge in [-0.3, -0.25) is 30.0 Å². The third-order valence-electron chi connectivity index (χ3n) is 6.11. The molecule has 7 heteroatoms. The molecule has 0 bridgehead atoms. The fraction of sp³-hybridized carbons (Fsp3) is 0.111. The third kappa shape index (κ3) is 3.77. The highest BCUT2D eigenvalue weighted by Crippen LogP contribution is 2.38. The Labute approximate surface area is 195 Å². The highest BCUT2D eigenvalue weighted by molar-refractivity contribution is 5.70. The fourth-order valence-electron chi connectivity index (χ4n) is 4.33. The first kappa shape index (κ1) is 21.3. The largest absolute Gasteiger partial charge is 0.508 e. The molecule has 0 fully saturated rings. The lowest BCUT2D eigenvalue weighted by molar-refractivity contribution is 0.475. The van der Waals surface area contributed by atoms with Crippen LogP contribution >= 0.6 is 0 Å². The minimum Gasteiger partial charge on any atom is -0.508 e. The minimum atomic E-state index is -0.696. The summed E-state index contributed by atoms with van der Waals surface area (Å²) >= 11 is 0. The Hall–Kier alpha value is -4.52. The number of aromatic nitrogens is 4. The molecule has 3 aromatic carbocycles. The smallest absolute Gasteiger partial charge is 0.268 e. The average Bonchev–Trinajstić information content (AvgIpc) is 3.40. The van der Waals surface area contributed by atoms with Gasteiger partial charge in [0.15, 0.2) is 0 Å². The molecule has 2 aromatic heterocycles. The Morgan fingerprint density at radius 1 is 0.588 bits per heavy atom. The van der Waals surface area contributed by atoms with E-state index >= 15 is 0 Å². The molecule has 5 N–H and O–H groups in total. The van der Waals surface area contributed by atoms with Crippen LogP contribution < -0.4 is 11.1 Å².